The minimum absolute atomic E-state index is 0. The quantitative estimate of drug-likeness (QED) is 0.392. The topological polar surface area (TPSA) is 0 Å². The molecule has 0 fully saturated rings. The normalized spacial score (nSPS) is 6.17. The molecule has 0 aliphatic heterocycles. The van der Waals surface area contributed by atoms with E-state index in [1.807, 2.05) is 13.0 Å². The first kappa shape index (κ1) is 9.53. The van der Waals surface area contributed by atoms with Gasteiger partial charge in [-0.05, 0) is 0 Å². The molecule has 0 unspecified atom stereocenters. The summed E-state index contributed by atoms with van der Waals surface area (Å²) < 4.78 is 0. The summed E-state index contributed by atoms with van der Waals surface area (Å²) in [7, 11) is 0. The largest absolute Gasteiger partial charge is 0.328 e. The zero-order chi connectivity index (χ0) is 4.12. The molecule has 1 radical (unpaired) electrons. The molecule has 0 aromatic rings. The van der Waals surface area contributed by atoms with E-state index in [2.05, 4.69) is 13.0 Å². The molecule has 0 N–H and O–H groups in total. The van der Waals surface area contributed by atoms with Crippen molar-refractivity contribution in [3.8, 4) is 0 Å². The van der Waals surface area contributed by atoms with Gasteiger partial charge in [-0.3, -0.25) is 0 Å². The van der Waals surface area contributed by atoms with E-state index in [1.165, 1.54) is 0 Å². The first-order valence-electron chi connectivity index (χ1n) is 1.80. The molecule has 39 valence electrons. The van der Waals surface area contributed by atoms with Crippen LogP contribution in [0.5, 0.6) is 0 Å². The third-order valence-corrected chi connectivity index (χ3v) is 0.402. The molecule has 0 atom stereocenters. The molecule has 0 rings (SSSR count). The number of rotatable bonds is 2. The van der Waals surface area contributed by atoms with Crippen molar-refractivity contribution in [2.24, 2.45) is 0 Å². The Morgan fingerprint density at radius 1 is 1.83 bits per heavy atom. The Morgan fingerprint density at radius 3 is 2.33 bits per heavy atom. The molecule has 0 spiro atoms. The monoisotopic (exact) mass is 128 g/mol. The third kappa shape index (κ3) is 8.87. The van der Waals surface area contributed by atoms with Crippen molar-refractivity contribution >= 4 is 0 Å². The Hall–Kier alpha value is 0.246. The van der Waals surface area contributed by atoms with E-state index in [0.29, 0.717) is 0 Å². The molecular formula is C5H9Co-. The summed E-state index contributed by atoms with van der Waals surface area (Å²) in [6, 6.07) is 0. The molecule has 1 heteroatoms. The van der Waals surface area contributed by atoms with Crippen LogP contribution in [-0.4, -0.2) is 0 Å². The van der Waals surface area contributed by atoms with Gasteiger partial charge in [0.25, 0.3) is 0 Å². The summed E-state index contributed by atoms with van der Waals surface area (Å²) in [4.78, 5) is 0. The van der Waals surface area contributed by atoms with Crippen molar-refractivity contribution < 1.29 is 16.8 Å². The van der Waals surface area contributed by atoms with Crippen LogP contribution in [0.3, 0.4) is 0 Å². The van der Waals surface area contributed by atoms with E-state index < -0.39 is 0 Å². The summed E-state index contributed by atoms with van der Waals surface area (Å²) in [5.41, 5.74) is 0. The average molecular weight is 128 g/mol. The van der Waals surface area contributed by atoms with Crippen molar-refractivity contribution in [1.82, 2.24) is 0 Å². The van der Waals surface area contributed by atoms with Crippen molar-refractivity contribution in [2.45, 2.75) is 13.3 Å². The summed E-state index contributed by atoms with van der Waals surface area (Å²) in [5, 5.41) is 0. The van der Waals surface area contributed by atoms with Crippen LogP contribution in [0, 0.1) is 6.42 Å². The van der Waals surface area contributed by atoms with E-state index in [4.69, 9.17) is 0 Å². The number of allylic oxidation sites excluding steroid dienone is 1. The Kier molecular flexibility index (Phi) is 14.3. The van der Waals surface area contributed by atoms with Crippen molar-refractivity contribution in [3.63, 3.8) is 0 Å². The van der Waals surface area contributed by atoms with Gasteiger partial charge in [-0.25, -0.2) is 0 Å². The maximum absolute atomic E-state index is 3.52. The number of hydrogen-bond acceptors (Lipinski definition) is 0. The van der Waals surface area contributed by atoms with Gasteiger partial charge in [0.1, 0.15) is 0 Å². The molecule has 0 aliphatic carbocycles. The van der Waals surface area contributed by atoms with Crippen LogP contribution in [0.25, 0.3) is 0 Å². The molecule has 0 heterocycles. The van der Waals surface area contributed by atoms with E-state index in [0.717, 1.165) is 6.42 Å². The van der Waals surface area contributed by atoms with Crippen LogP contribution in [0.2, 0.25) is 0 Å². The van der Waals surface area contributed by atoms with Crippen molar-refractivity contribution in [2.75, 3.05) is 0 Å². The van der Waals surface area contributed by atoms with Crippen LogP contribution < -0.4 is 0 Å². The summed E-state index contributed by atoms with van der Waals surface area (Å²) in [5.74, 6) is 0. The Morgan fingerprint density at radius 2 is 2.33 bits per heavy atom. The van der Waals surface area contributed by atoms with Crippen LogP contribution in [0.1, 0.15) is 13.3 Å². The smallest absolute Gasteiger partial charge is 0 e. The van der Waals surface area contributed by atoms with Crippen LogP contribution in [0.4, 0.5) is 0 Å². The summed E-state index contributed by atoms with van der Waals surface area (Å²) in [6.07, 6.45) is 4.97. The minimum Gasteiger partial charge on any atom is -0.328 e. The van der Waals surface area contributed by atoms with E-state index >= 15 is 0 Å². The molecular weight excluding hydrogens is 119 g/mol. The maximum Gasteiger partial charge on any atom is 0 e. The van der Waals surface area contributed by atoms with Crippen molar-refractivity contribution in [3.05, 3.63) is 19.1 Å². The minimum atomic E-state index is 0. The van der Waals surface area contributed by atoms with E-state index in [-0.39, 0.29) is 16.8 Å². The van der Waals surface area contributed by atoms with Gasteiger partial charge in [0, 0.05) is 16.8 Å². The summed E-state index contributed by atoms with van der Waals surface area (Å²) in [6.45, 7) is 5.53. The molecule has 0 saturated heterocycles. The second kappa shape index (κ2) is 8.98. The maximum atomic E-state index is 3.52. The molecule has 6 heavy (non-hydrogen) atoms. The Balaban J connectivity index is 0. The standard InChI is InChI=1S/C5H9.Co/c1-3-5-4-2;/h3-4H,1,5H2,2H3;/q-1;. The number of unbranched alkanes of at least 4 members (excludes halogenated alkanes) is 1. The Bertz CT molecular complexity index is 25.1. The molecule has 0 amide bonds. The van der Waals surface area contributed by atoms with Gasteiger partial charge in [-0.15, -0.1) is 12.7 Å². The van der Waals surface area contributed by atoms with E-state index in [9.17, 15) is 0 Å². The predicted molar refractivity (Wildman–Crippen MR) is 24.8 cm³/mol. The van der Waals surface area contributed by atoms with E-state index in [1.54, 1.807) is 0 Å². The molecule has 0 saturated carbocycles. The average Bonchev–Trinajstić information content (AvgIpc) is 1.41. The predicted octanol–water partition coefficient (Wildman–Crippen LogP) is 1.78. The summed E-state index contributed by atoms with van der Waals surface area (Å²) >= 11 is 0. The SMILES string of the molecule is C=CC[CH-]C.[Co]. The van der Waals surface area contributed by atoms with Crippen LogP contribution >= 0.6 is 0 Å². The fourth-order valence-corrected chi connectivity index (χ4v) is 0.167. The van der Waals surface area contributed by atoms with Gasteiger partial charge in [-0.2, -0.15) is 13.3 Å². The van der Waals surface area contributed by atoms with Gasteiger partial charge >= 0.3 is 0 Å². The first-order valence-corrected chi connectivity index (χ1v) is 1.80. The zero-order valence-corrected chi connectivity index (χ0v) is 4.94. The van der Waals surface area contributed by atoms with Gasteiger partial charge in [0.15, 0.2) is 0 Å². The molecule has 0 aliphatic rings. The first-order chi connectivity index (χ1) is 2.41. The van der Waals surface area contributed by atoms with Gasteiger partial charge < -0.3 is 6.42 Å². The second-order valence-corrected chi connectivity index (χ2v) is 0.933. The van der Waals surface area contributed by atoms with Crippen molar-refractivity contribution in [1.29, 1.82) is 0 Å². The number of hydrogen-bond donors (Lipinski definition) is 0. The zero-order valence-electron chi connectivity index (χ0n) is 3.90. The van der Waals surface area contributed by atoms with Crippen LogP contribution in [-0.2, 0) is 16.8 Å². The molecule has 0 aromatic heterocycles. The molecule has 0 bridgehead atoms. The Labute approximate surface area is 49.8 Å². The second-order valence-electron chi connectivity index (χ2n) is 0.933. The van der Waals surface area contributed by atoms with Crippen LogP contribution in [0.15, 0.2) is 12.7 Å². The fourth-order valence-electron chi connectivity index (χ4n) is 0.167. The molecule has 0 aromatic carbocycles. The fraction of sp³-hybridized carbons (Fsp3) is 0.400. The molecule has 0 nitrogen and oxygen atoms in total. The van der Waals surface area contributed by atoms with Gasteiger partial charge in [0.05, 0.1) is 0 Å². The van der Waals surface area contributed by atoms with Gasteiger partial charge in [0.2, 0.25) is 0 Å². The third-order valence-electron chi connectivity index (χ3n) is 0.402. The van der Waals surface area contributed by atoms with Gasteiger partial charge in [-0.1, -0.05) is 0 Å².